The minimum Gasteiger partial charge on any atom is -0.367 e. The molecule has 0 spiro atoms. The molecular formula is C18H23FN4. The third-order valence-corrected chi connectivity index (χ3v) is 4.35. The van der Waals surface area contributed by atoms with Gasteiger partial charge in [0, 0.05) is 26.2 Å². The summed E-state index contributed by atoms with van der Waals surface area (Å²) in [7, 11) is 0. The molecule has 3 rings (SSSR count). The lowest BCUT2D eigenvalue weighted by Crippen LogP contribution is -2.32. The van der Waals surface area contributed by atoms with Crippen LogP contribution >= 0.6 is 0 Å². The standard InChI is InChI=1S/C18H23FN4/c1-2-16-17(19)18(22-13-21-16)20-9-5-10-23-11-8-14-6-3-4-7-15(14)12-23/h3-4,6-7,13H,2,5,8-12H2,1H3,(H,20,21,22). The summed E-state index contributed by atoms with van der Waals surface area (Å²) in [6.45, 7) is 5.73. The summed E-state index contributed by atoms with van der Waals surface area (Å²) in [4.78, 5) is 10.4. The van der Waals surface area contributed by atoms with Gasteiger partial charge in [0.25, 0.3) is 0 Å². The molecule has 0 aliphatic carbocycles. The van der Waals surface area contributed by atoms with Crippen LogP contribution in [0.25, 0.3) is 0 Å². The van der Waals surface area contributed by atoms with Crippen LogP contribution in [0.4, 0.5) is 10.2 Å². The number of hydrogen-bond acceptors (Lipinski definition) is 4. The number of aromatic nitrogens is 2. The molecule has 0 amide bonds. The monoisotopic (exact) mass is 314 g/mol. The Bertz CT molecular complexity index is 659. The van der Waals surface area contributed by atoms with Crippen molar-refractivity contribution >= 4 is 5.82 Å². The lowest BCUT2D eigenvalue weighted by Gasteiger charge is -2.28. The first-order chi connectivity index (χ1) is 11.3. The predicted molar refractivity (Wildman–Crippen MR) is 89.9 cm³/mol. The van der Waals surface area contributed by atoms with Crippen molar-refractivity contribution in [3.63, 3.8) is 0 Å². The van der Waals surface area contributed by atoms with Gasteiger partial charge >= 0.3 is 0 Å². The van der Waals surface area contributed by atoms with Crippen molar-refractivity contribution in [2.24, 2.45) is 0 Å². The average molecular weight is 314 g/mol. The van der Waals surface area contributed by atoms with E-state index in [9.17, 15) is 4.39 Å². The van der Waals surface area contributed by atoms with Crippen LogP contribution in [0.2, 0.25) is 0 Å². The molecule has 0 bridgehead atoms. The Labute approximate surface area is 136 Å². The molecular weight excluding hydrogens is 291 g/mol. The van der Waals surface area contributed by atoms with Crippen LogP contribution in [-0.4, -0.2) is 34.5 Å². The lowest BCUT2D eigenvalue weighted by molar-refractivity contribution is 0.253. The Kier molecular flexibility index (Phi) is 5.18. The molecule has 122 valence electrons. The first-order valence-electron chi connectivity index (χ1n) is 8.30. The molecule has 2 heterocycles. The van der Waals surface area contributed by atoms with Crippen LogP contribution in [0, 0.1) is 5.82 Å². The van der Waals surface area contributed by atoms with Crippen LogP contribution in [0.1, 0.15) is 30.2 Å². The summed E-state index contributed by atoms with van der Waals surface area (Å²) in [6.07, 6.45) is 4.08. The third kappa shape index (κ3) is 3.85. The van der Waals surface area contributed by atoms with Gasteiger partial charge in [-0.1, -0.05) is 31.2 Å². The Balaban J connectivity index is 1.46. The second kappa shape index (κ2) is 7.51. The van der Waals surface area contributed by atoms with E-state index in [2.05, 4.69) is 44.5 Å². The number of hydrogen-bond donors (Lipinski definition) is 1. The zero-order valence-electron chi connectivity index (χ0n) is 13.6. The number of anilines is 1. The van der Waals surface area contributed by atoms with Crippen LogP contribution in [-0.2, 0) is 19.4 Å². The van der Waals surface area contributed by atoms with Crippen LogP contribution in [0.3, 0.4) is 0 Å². The second-order valence-corrected chi connectivity index (χ2v) is 5.91. The van der Waals surface area contributed by atoms with Gasteiger partial charge in [0.1, 0.15) is 6.33 Å². The van der Waals surface area contributed by atoms with Crippen molar-refractivity contribution in [1.82, 2.24) is 14.9 Å². The highest BCUT2D eigenvalue weighted by molar-refractivity contribution is 5.37. The highest BCUT2D eigenvalue weighted by Gasteiger charge is 2.15. The third-order valence-electron chi connectivity index (χ3n) is 4.35. The zero-order chi connectivity index (χ0) is 16.1. The van der Waals surface area contributed by atoms with Crippen LogP contribution in [0.5, 0.6) is 0 Å². The van der Waals surface area contributed by atoms with E-state index in [1.54, 1.807) is 0 Å². The number of halogens is 1. The smallest absolute Gasteiger partial charge is 0.186 e. The van der Waals surface area contributed by atoms with E-state index in [1.165, 1.54) is 17.5 Å². The lowest BCUT2D eigenvalue weighted by atomic mass is 10.00. The molecule has 2 aromatic rings. The van der Waals surface area contributed by atoms with Gasteiger partial charge in [-0.3, -0.25) is 4.90 Å². The fourth-order valence-corrected chi connectivity index (χ4v) is 3.03. The number of nitrogens with zero attached hydrogens (tertiary/aromatic N) is 3. The topological polar surface area (TPSA) is 41.1 Å². The summed E-state index contributed by atoms with van der Waals surface area (Å²) in [6, 6.07) is 8.64. The molecule has 23 heavy (non-hydrogen) atoms. The Morgan fingerprint density at radius 1 is 1.22 bits per heavy atom. The maximum Gasteiger partial charge on any atom is 0.186 e. The Morgan fingerprint density at radius 3 is 2.87 bits per heavy atom. The van der Waals surface area contributed by atoms with Gasteiger partial charge < -0.3 is 5.32 Å². The highest BCUT2D eigenvalue weighted by atomic mass is 19.1. The first-order valence-corrected chi connectivity index (χ1v) is 8.30. The number of benzene rings is 1. The second-order valence-electron chi connectivity index (χ2n) is 5.91. The summed E-state index contributed by atoms with van der Waals surface area (Å²) >= 11 is 0. The maximum absolute atomic E-state index is 14.0. The minimum absolute atomic E-state index is 0.318. The van der Waals surface area contributed by atoms with E-state index in [0.717, 1.165) is 39.0 Å². The molecule has 0 radical (unpaired) electrons. The van der Waals surface area contributed by atoms with E-state index >= 15 is 0 Å². The average Bonchev–Trinajstić information content (AvgIpc) is 2.60. The van der Waals surface area contributed by atoms with Gasteiger partial charge in [-0.15, -0.1) is 0 Å². The Morgan fingerprint density at radius 2 is 2.04 bits per heavy atom. The van der Waals surface area contributed by atoms with Gasteiger partial charge in [0.15, 0.2) is 11.6 Å². The van der Waals surface area contributed by atoms with Crippen LogP contribution < -0.4 is 5.32 Å². The van der Waals surface area contributed by atoms with Gasteiger partial charge in [-0.05, 0) is 30.4 Å². The molecule has 0 saturated carbocycles. The Hall–Kier alpha value is -2.01. The fourth-order valence-electron chi connectivity index (χ4n) is 3.03. The summed E-state index contributed by atoms with van der Waals surface area (Å²) < 4.78 is 14.0. The van der Waals surface area contributed by atoms with Crippen molar-refractivity contribution < 1.29 is 4.39 Å². The van der Waals surface area contributed by atoms with Crippen LogP contribution in [0.15, 0.2) is 30.6 Å². The number of aryl methyl sites for hydroxylation is 1. The molecule has 1 aliphatic heterocycles. The molecule has 1 aromatic heterocycles. The molecule has 1 aromatic carbocycles. The van der Waals surface area contributed by atoms with Crippen molar-refractivity contribution in [1.29, 1.82) is 0 Å². The summed E-state index contributed by atoms with van der Waals surface area (Å²) in [5.74, 6) is 0.00254. The van der Waals surface area contributed by atoms with Crippen molar-refractivity contribution in [2.75, 3.05) is 25.0 Å². The molecule has 0 atom stereocenters. The van der Waals surface area contributed by atoms with Crippen molar-refractivity contribution in [3.05, 3.63) is 53.2 Å². The van der Waals surface area contributed by atoms with Gasteiger partial charge in [0.2, 0.25) is 0 Å². The minimum atomic E-state index is -0.318. The zero-order valence-corrected chi connectivity index (χ0v) is 13.6. The molecule has 4 nitrogen and oxygen atoms in total. The van der Waals surface area contributed by atoms with Crippen molar-refractivity contribution in [2.45, 2.75) is 32.7 Å². The largest absolute Gasteiger partial charge is 0.367 e. The molecule has 0 unspecified atom stereocenters. The van der Waals surface area contributed by atoms with E-state index in [-0.39, 0.29) is 5.82 Å². The normalized spacial score (nSPS) is 14.5. The van der Waals surface area contributed by atoms with Gasteiger partial charge in [-0.25, -0.2) is 14.4 Å². The molecule has 1 aliphatic rings. The maximum atomic E-state index is 14.0. The van der Waals surface area contributed by atoms with E-state index in [0.29, 0.717) is 17.9 Å². The molecule has 0 fully saturated rings. The SMILES string of the molecule is CCc1ncnc(NCCCN2CCc3ccccc3C2)c1F. The van der Waals surface area contributed by atoms with E-state index in [1.807, 2.05) is 6.92 Å². The number of fused-ring (bicyclic) bond motifs is 1. The molecule has 0 saturated heterocycles. The first kappa shape index (κ1) is 15.9. The van der Waals surface area contributed by atoms with E-state index in [4.69, 9.17) is 0 Å². The van der Waals surface area contributed by atoms with E-state index < -0.39 is 0 Å². The quantitative estimate of drug-likeness (QED) is 0.832. The molecule has 1 N–H and O–H groups in total. The predicted octanol–water partition coefficient (Wildman–Crippen LogP) is 3.04. The van der Waals surface area contributed by atoms with Crippen molar-refractivity contribution in [3.8, 4) is 0 Å². The van der Waals surface area contributed by atoms with Gasteiger partial charge in [0.05, 0.1) is 5.69 Å². The highest BCUT2D eigenvalue weighted by Crippen LogP contribution is 2.18. The fraction of sp³-hybridized carbons (Fsp3) is 0.444. The summed E-state index contributed by atoms with van der Waals surface area (Å²) in [5, 5.41) is 3.09. The summed E-state index contributed by atoms with van der Waals surface area (Å²) in [5.41, 5.74) is 3.37. The number of nitrogens with one attached hydrogen (secondary N) is 1. The van der Waals surface area contributed by atoms with Gasteiger partial charge in [-0.2, -0.15) is 0 Å². The number of rotatable bonds is 6. The molecule has 5 heteroatoms.